The number of nitrogens with one attached hydrogen (secondary N) is 1. The highest BCUT2D eigenvalue weighted by Gasteiger charge is 2.50. The van der Waals surface area contributed by atoms with E-state index in [-0.39, 0.29) is 11.8 Å². The molecule has 4 rings (SSSR count). The summed E-state index contributed by atoms with van der Waals surface area (Å²) in [5.41, 5.74) is 0.835. The first kappa shape index (κ1) is 13.4. The number of carbonyl (C=O) groups excluding carboxylic acids is 2. The molecular formula is C15H14N4O2S. The van der Waals surface area contributed by atoms with Crippen LogP contribution in [0.3, 0.4) is 0 Å². The van der Waals surface area contributed by atoms with Gasteiger partial charge >= 0.3 is 0 Å². The van der Waals surface area contributed by atoms with Gasteiger partial charge in [0.05, 0.1) is 10.1 Å². The van der Waals surface area contributed by atoms with Crippen LogP contribution in [0.2, 0.25) is 0 Å². The summed E-state index contributed by atoms with van der Waals surface area (Å²) in [7, 11) is 0. The van der Waals surface area contributed by atoms with Gasteiger partial charge in [-0.3, -0.25) is 9.59 Å². The lowest BCUT2D eigenvalue weighted by Gasteiger charge is -2.20. The molecule has 1 N–H and O–H groups in total. The van der Waals surface area contributed by atoms with Crippen molar-refractivity contribution in [1.82, 2.24) is 20.2 Å². The summed E-state index contributed by atoms with van der Waals surface area (Å²) in [6, 6.07) is 3.73. The molecule has 2 saturated heterocycles. The number of pyridine rings is 1. The number of nitrogens with zero attached hydrogens (tertiary/aromatic N) is 3. The largest absolute Gasteiger partial charge is 0.335 e. The summed E-state index contributed by atoms with van der Waals surface area (Å²) >= 11 is 1.34. The van der Waals surface area contributed by atoms with Crippen LogP contribution in [-0.2, 0) is 4.79 Å². The van der Waals surface area contributed by atoms with Crippen molar-refractivity contribution in [1.29, 1.82) is 0 Å². The summed E-state index contributed by atoms with van der Waals surface area (Å²) in [5.74, 6) is -0.135. The van der Waals surface area contributed by atoms with Crippen molar-refractivity contribution in [2.24, 2.45) is 5.41 Å². The molecule has 0 aromatic carbocycles. The van der Waals surface area contributed by atoms with Crippen molar-refractivity contribution in [2.75, 3.05) is 13.1 Å². The highest BCUT2D eigenvalue weighted by atomic mass is 32.1. The number of fused-ring (bicyclic) bond motifs is 1. The second-order valence-electron chi connectivity index (χ2n) is 5.84. The molecule has 2 amide bonds. The third kappa shape index (κ3) is 1.93. The lowest BCUT2D eigenvalue weighted by Crippen LogP contribution is -2.36. The van der Waals surface area contributed by atoms with E-state index >= 15 is 0 Å². The van der Waals surface area contributed by atoms with E-state index in [1.165, 1.54) is 11.3 Å². The Kier molecular flexibility index (Phi) is 2.80. The monoisotopic (exact) mass is 314 g/mol. The number of amides is 2. The molecule has 1 unspecified atom stereocenters. The van der Waals surface area contributed by atoms with Crippen LogP contribution in [-0.4, -0.2) is 39.8 Å². The number of likely N-dealkylation sites (tertiary alicyclic amines) is 1. The molecule has 0 saturated carbocycles. The number of carbonyl (C=O) groups is 2. The van der Waals surface area contributed by atoms with E-state index in [1.807, 2.05) is 12.1 Å². The van der Waals surface area contributed by atoms with Gasteiger partial charge in [0.1, 0.15) is 0 Å². The molecule has 2 aromatic heterocycles. The average Bonchev–Trinajstić information content (AvgIpc) is 3.16. The zero-order valence-corrected chi connectivity index (χ0v) is 12.7. The molecule has 1 spiro atoms. The first-order valence-corrected chi connectivity index (χ1v) is 7.89. The van der Waals surface area contributed by atoms with E-state index in [2.05, 4.69) is 21.9 Å². The quantitative estimate of drug-likeness (QED) is 0.867. The molecule has 22 heavy (non-hydrogen) atoms. The standard InChI is InChI=1S/C15H14N4O2S/c1-9-7-15(14(21)17-9)4-6-19(8-15)13(20)12-18-11-10(22-12)3-2-5-16-11/h2-3,5H,1,4,6-8H2,(H,17,21). The summed E-state index contributed by atoms with van der Waals surface area (Å²) in [5, 5.41) is 3.21. The number of rotatable bonds is 1. The van der Waals surface area contributed by atoms with Crippen molar-refractivity contribution < 1.29 is 9.59 Å². The Morgan fingerprint density at radius 1 is 1.50 bits per heavy atom. The summed E-state index contributed by atoms with van der Waals surface area (Å²) in [4.78, 5) is 34.9. The minimum absolute atomic E-state index is 0.0150. The number of aromatic nitrogens is 2. The van der Waals surface area contributed by atoms with Crippen LogP contribution in [0.25, 0.3) is 10.3 Å². The van der Waals surface area contributed by atoms with Crippen LogP contribution in [0.5, 0.6) is 0 Å². The fourth-order valence-electron chi connectivity index (χ4n) is 3.20. The topological polar surface area (TPSA) is 75.2 Å². The molecule has 112 valence electrons. The van der Waals surface area contributed by atoms with Crippen molar-refractivity contribution in [3.8, 4) is 0 Å². The Labute approximate surface area is 130 Å². The highest BCUT2D eigenvalue weighted by molar-refractivity contribution is 7.20. The summed E-state index contributed by atoms with van der Waals surface area (Å²) in [6.45, 7) is 4.83. The Bertz CT molecular complexity index is 782. The van der Waals surface area contributed by atoms with Gasteiger partial charge in [0.15, 0.2) is 10.7 Å². The van der Waals surface area contributed by atoms with E-state index in [1.54, 1.807) is 11.1 Å². The van der Waals surface area contributed by atoms with E-state index in [9.17, 15) is 9.59 Å². The van der Waals surface area contributed by atoms with E-state index < -0.39 is 5.41 Å². The van der Waals surface area contributed by atoms with Crippen LogP contribution >= 0.6 is 11.3 Å². The SMILES string of the molecule is C=C1CC2(CCN(C(=O)c3nc4ncccc4s3)C2)C(=O)N1. The third-order valence-corrected chi connectivity index (χ3v) is 5.31. The number of allylic oxidation sites excluding steroid dienone is 1. The molecule has 0 bridgehead atoms. The summed E-state index contributed by atoms with van der Waals surface area (Å²) in [6.07, 6.45) is 2.94. The number of hydrogen-bond acceptors (Lipinski definition) is 5. The predicted molar refractivity (Wildman–Crippen MR) is 82.3 cm³/mol. The van der Waals surface area contributed by atoms with Gasteiger partial charge in [0, 0.05) is 31.4 Å². The van der Waals surface area contributed by atoms with Crippen molar-refractivity contribution >= 4 is 33.5 Å². The number of hydrogen-bond donors (Lipinski definition) is 1. The second kappa shape index (κ2) is 4.61. The van der Waals surface area contributed by atoms with Gasteiger partial charge < -0.3 is 10.2 Å². The maximum absolute atomic E-state index is 12.6. The van der Waals surface area contributed by atoms with Crippen molar-refractivity contribution in [3.63, 3.8) is 0 Å². The second-order valence-corrected chi connectivity index (χ2v) is 6.87. The van der Waals surface area contributed by atoms with E-state index in [0.29, 0.717) is 36.6 Å². The van der Waals surface area contributed by atoms with E-state index in [0.717, 1.165) is 10.4 Å². The summed E-state index contributed by atoms with van der Waals surface area (Å²) < 4.78 is 0.895. The van der Waals surface area contributed by atoms with Crippen molar-refractivity contribution in [2.45, 2.75) is 12.8 Å². The first-order chi connectivity index (χ1) is 10.6. The molecule has 1 atom stereocenters. The van der Waals surface area contributed by atoms with Crippen LogP contribution < -0.4 is 5.32 Å². The Morgan fingerprint density at radius 2 is 2.36 bits per heavy atom. The van der Waals surface area contributed by atoms with Gasteiger partial charge in [-0.15, -0.1) is 11.3 Å². The molecule has 4 heterocycles. The lowest BCUT2D eigenvalue weighted by atomic mass is 9.85. The van der Waals surface area contributed by atoms with Gasteiger partial charge in [-0.05, 0) is 18.6 Å². The molecule has 6 nitrogen and oxygen atoms in total. The molecule has 0 radical (unpaired) electrons. The van der Waals surface area contributed by atoms with Crippen molar-refractivity contribution in [3.05, 3.63) is 35.6 Å². The first-order valence-electron chi connectivity index (χ1n) is 7.07. The highest BCUT2D eigenvalue weighted by Crippen LogP contribution is 2.40. The van der Waals surface area contributed by atoms with Gasteiger partial charge in [-0.2, -0.15) is 0 Å². The molecule has 2 fully saturated rings. The zero-order chi connectivity index (χ0) is 15.3. The Hall–Kier alpha value is -2.28. The van der Waals surface area contributed by atoms with Crippen LogP contribution in [0.4, 0.5) is 0 Å². The lowest BCUT2D eigenvalue weighted by molar-refractivity contribution is -0.126. The molecular weight excluding hydrogens is 300 g/mol. The minimum atomic E-state index is -0.498. The maximum atomic E-state index is 12.6. The zero-order valence-electron chi connectivity index (χ0n) is 11.8. The average molecular weight is 314 g/mol. The molecule has 2 aromatic rings. The number of thiazole rings is 1. The minimum Gasteiger partial charge on any atom is -0.335 e. The normalized spacial score (nSPS) is 24.5. The Morgan fingerprint density at radius 3 is 3.09 bits per heavy atom. The van der Waals surface area contributed by atoms with Gasteiger partial charge in [0.2, 0.25) is 5.91 Å². The molecule has 2 aliphatic heterocycles. The van der Waals surface area contributed by atoms with Gasteiger partial charge in [-0.25, -0.2) is 9.97 Å². The molecule has 7 heteroatoms. The van der Waals surface area contributed by atoms with E-state index in [4.69, 9.17) is 0 Å². The molecule has 2 aliphatic rings. The molecule has 0 aliphatic carbocycles. The fourth-order valence-corrected chi connectivity index (χ4v) is 4.09. The maximum Gasteiger partial charge on any atom is 0.282 e. The fraction of sp³-hybridized carbons (Fsp3) is 0.333. The van der Waals surface area contributed by atoms with Crippen LogP contribution in [0, 0.1) is 5.41 Å². The Balaban J connectivity index is 1.59. The third-order valence-electron chi connectivity index (χ3n) is 4.31. The van der Waals surface area contributed by atoms with Gasteiger partial charge in [0.25, 0.3) is 5.91 Å². The van der Waals surface area contributed by atoms with Crippen LogP contribution in [0.1, 0.15) is 22.6 Å². The smallest absolute Gasteiger partial charge is 0.282 e. The van der Waals surface area contributed by atoms with Gasteiger partial charge in [-0.1, -0.05) is 6.58 Å². The predicted octanol–water partition coefficient (Wildman–Crippen LogP) is 1.56. The van der Waals surface area contributed by atoms with Crippen LogP contribution in [0.15, 0.2) is 30.6 Å².